The minimum atomic E-state index is -0.245. The van der Waals surface area contributed by atoms with Crippen LogP contribution in [-0.2, 0) is 4.74 Å². The normalized spacial score (nSPS) is 26.1. The van der Waals surface area contributed by atoms with Crippen molar-refractivity contribution in [2.24, 2.45) is 5.92 Å². The Morgan fingerprint density at radius 1 is 1.40 bits per heavy atom. The average molecular weight is 298 g/mol. The molecule has 1 aromatic rings. The van der Waals surface area contributed by atoms with Gasteiger partial charge in [0.2, 0.25) is 5.13 Å². The molecule has 1 saturated carbocycles. The van der Waals surface area contributed by atoms with Crippen LogP contribution in [0.2, 0.25) is 0 Å². The quantitative estimate of drug-likeness (QED) is 0.882. The molecule has 1 aromatic heterocycles. The van der Waals surface area contributed by atoms with E-state index >= 15 is 0 Å². The number of nitrogens with one attached hydrogen (secondary N) is 2. The van der Waals surface area contributed by atoms with Crippen LogP contribution in [0.4, 0.5) is 9.93 Å². The van der Waals surface area contributed by atoms with Gasteiger partial charge in [-0.3, -0.25) is 5.32 Å². The SMILES string of the molecule is COc1nnc(NC(=O)N[C@@H]2CCO[C@H](C3CC3)C2)s1. The van der Waals surface area contributed by atoms with Gasteiger partial charge in [0.1, 0.15) is 0 Å². The van der Waals surface area contributed by atoms with Gasteiger partial charge in [0.15, 0.2) is 0 Å². The standard InChI is InChI=1S/C12H18N4O3S/c1-18-12-16-15-11(20-12)14-10(17)13-8-4-5-19-9(6-8)7-2-3-7/h7-9H,2-6H2,1H3,(H2,13,14,15,17)/t8-,9+/m1/s1. The third-order valence-electron chi connectivity index (χ3n) is 3.60. The molecule has 8 heteroatoms. The second-order valence-electron chi connectivity index (χ2n) is 5.14. The zero-order chi connectivity index (χ0) is 13.9. The maximum atomic E-state index is 11.9. The number of urea groups is 1. The van der Waals surface area contributed by atoms with Crippen molar-refractivity contribution >= 4 is 22.5 Å². The number of hydrogen-bond donors (Lipinski definition) is 2. The third-order valence-corrected chi connectivity index (χ3v) is 4.40. The van der Waals surface area contributed by atoms with Gasteiger partial charge < -0.3 is 14.8 Å². The lowest BCUT2D eigenvalue weighted by Crippen LogP contribution is -2.44. The van der Waals surface area contributed by atoms with Crippen molar-refractivity contribution in [1.29, 1.82) is 0 Å². The molecule has 2 N–H and O–H groups in total. The van der Waals surface area contributed by atoms with E-state index < -0.39 is 0 Å². The maximum absolute atomic E-state index is 11.9. The van der Waals surface area contributed by atoms with Crippen molar-refractivity contribution in [3.05, 3.63) is 0 Å². The van der Waals surface area contributed by atoms with Gasteiger partial charge in [-0.1, -0.05) is 5.10 Å². The smallest absolute Gasteiger partial charge is 0.321 e. The highest BCUT2D eigenvalue weighted by Gasteiger charge is 2.36. The Kier molecular flexibility index (Phi) is 4.02. The van der Waals surface area contributed by atoms with E-state index in [1.807, 2.05) is 0 Å². The Hall–Kier alpha value is -1.41. The molecule has 2 heterocycles. The summed E-state index contributed by atoms with van der Waals surface area (Å²) in [5.41, 5.74) is 0. The van der Waals surface area contributed by atoms with Crippen LogP contribution in [0.15, 0.2) is 0 Å². The molecule has 1 aliphatic carbocycles. The lowest BCUT2D eigenvalue weighted by atomic mass is 10.0. The van der Waals surface area contributed by atoms with Gasteiger partial charge in [-0.25, -0.2) is 4.79 Å². The molecule has 20 heavy (non-hydrogen) atoms. The molecule has 3 rings (SSSR count). The fourth-order valence-electron chi connectivity index (χ4n) is 2.42. The molecule has 0 unspecified atom stereocenters. The highest BCUT2D eigenvalue weighted by Crippen LogP contribution is 2.38. The van der Waals surface area contributed by atoms with Crippen molar-refractivity contribution in [1.82, 2.24) is 15.5 Å². The third kappa shape index (κ3) is 3.37. The van der Waals surface area contributed by atoms with Crippen LogP contribution in [0.3, 0.4) is 0 Å². The number of nitrogens with zero attached hydrogens (tertiary/aromatic N) is 2. The van der Waals surface area contributed by atoms with E-state index in [1.165, 1.54) is 31.3 Å². The van der Waals surface area contributed by atoms with Crippen LogP contribution in [0, 0.1) is 5.92 Å². The minimum absolute atomic E-state index is 0.171. The number of amides is 2. The van der Waals surface area contributed by atoms with Gasteiger partial charge in [0.05, 0.1) is 13.2 Å². The predicted octanol–water partition coefficient (Wildman–Crippen LogP) is 1.63. The highest BCUT2D eigenvalue weighted by molar-refractivity contribution is 7.17. The van der Waals surface area contributed by atoms with E-state index in [2.05, 4.69) is 20.8 Å². The first-order valence-electron chi connectivity index (χ1n) is 6.81. The molecule has 1 saturated heterocycles. The fourth-order valence-corrected chi connectivity index (χ4v) is 2.97. The van der Waals surface area contributed by atoms with E-state index in [-0.39, 0.29) is 12.1 Å². The number of anilines is 1. The van der Waals surface area contributed by atoms with E-state index in [0.717, 1.165) is 19.4 Å². The Bertz CT molecular complexity index is 477. The lowest BCUT2D eigenvalue weighted by molar-refractivity contribution is -0.00889. The summed E-state index contributed by atoms with van der Waals surface area (Å²) in [6.07, 6.45) is 4.59. The van der Waals surface area contributed by atoms with Crippen LogP contribution < -0.4 is 15.4 Å². The van der Waals surface area contributed by atoms with E-state index in [4.69, 9.17) is 9.47 Å². The summed E-state index contributed by atoms with van der Waals surface area (Å²) < 4.78 is 10.7. The molecule has 110 valence electrons. The number of aromatic nitrogens is 2. The summed E-state index contributed by atoms with van der Waals surface area (Å²) in [5, 5.41) is 14.1. The van der Waals surface area contributed by atoms with Gasteiger partial charge in [-0.05, 0) is 42.9 Å². The first-order valence-corrected chi connectivity index (χ1v) is 7.63. The highest BCUT2D eigenvalue weighted by atomic mass is 32.1. The van der Waals surface area contributed by atoms with Crippen molar-refractivity contribution in [2.45, 2.75) is 37.8 Å². The second-order valence-corrected chi connectivity index (χ2v) is 6.08. The summed E-state index contributed by atoms with van der Waals surface area (Å²) in [7, 11) is 1.52. The van der Waals surface area contributed by atoms with Gasteiger partial charge in [-0.2, -0.15) is 0 Å². The Morgan fingerprint density at radius 2 is 2.25 bits per heavy atom. The Morgan fingerprint density at radius 3 is 2.95 bits per heavy atom. The maximum Gasteiger partial charge on any atom is 0.321 e. The van der Waals surface area contributed by atoms with E-state index in [0.29, 0.717) is 22.3 Å². The van der Waals surface area contributed by atoms with Gasteiger partial charge >= 0.3 is 6.03 Å². The summed E-state index contributed by atoms with van der Waals surface area (Å²) in [4.78, 5) is 11.9. The van der Waals surface area contributed by atoms with Crippen LogP contribution in [0.1, 0.15) is 25.7 Å². The van der Waals surface area contributed by atoms with Crippen molar-refractivity contribution in [2.75, 3.05) is 19.0 Å². The molecule has 2 fully saturated rings. The first-order chi connectivity index (χ1) is 9.74. The molecule has 2 atom stereocenters. The zero-order valence-electron chi connectivity index (χ0n) is 11.3. The predicted molar refractivity (Wildman–Crippen MR) is 74.1 cm³/mol. The largest absolute Gasteiger partial charge is 0.472 e. The molecule has 7 nitrogen and oxygen atoms in total. The average Bonchev–Trinajstić information content (AvgIpc) is 3.20. The van der Waals surface area contributed by atoms with Gasteiger partial charge in [-0.15, -0.1) is 5.10 Å². The topological polar surface area (TPSA) is 85.4 Å². The number of carbonyl (C=O) groups is 1. The second kappa shape index (κ2) is 5.92. The summed E-state index contributed by atoms with van der Waals surface area (Å²) in [5.74, 6) is 0.704. The number of rotatable bonds is 4. The Balaban J connectivity index is 1.47. The molecule has 2 aliphatic rings. The molecule has 0 spiro atoms. The van der Waals surface area contributed by atoms with Gasteiger partial charge in [0, 0.05) is 12.6 Å². The molecule has 1 aliphatic heterocycles. The van der Waals surface area contributed by atoms with Crippen molar-refractivity contribution < 1.29 is 14.3 Å². The monoisotopic (exact) mass is 298 g/mol. The van der Waals surface area contributed by atoms with Gasteiger partial charge in [0.25, 0.3) is 5.19 Å². The number of ether oxygens (including phenoxy) is 2. The summed E-state index contributed by atoms with van der Waals surface area (Å²) in [6.45, 7) is 0.721. The zero-order valence-corrected chi connectivity index (χ0v) is 12.1. The van der Waals surface area contributed by atoms with Crippen LogP contribution >= 0.6 is 11.3 Å². The molecule has 0 bridgehead atoms. The molecular formula is C12H18N4O3S. The summed E-state index contributed by atoms with van der Waals surface area (Å²) in [6, 6.07) is -0.0746. The minimum Gasteiger partial charge on any atom is -0.472 e. The van der Waals surface area contributed by atoms with Crippen LogP contribution in [0.25, 0.3) is 0 Å². The van der Waals surface area contributed by atoms with E-state index in [1.54, 1.807) is 0 Å². The molecule has 2 amide bonds. The summed E-state index contributed by atoms with van der Waals surface area (Å²) >= 11 is 1.20. The lowest BCUT2D eigenvalue weighted by Gasteiger charge is -2.30. The number of hydrogen-bond acceptors (Lipinski definition) is 6. The van der Waals surface area contributed by atoms with E-state index in [9.17, 15) is 4.79 Å². The number of methoxy groups -OCH3 is 1. The molecule has 0 radical (unpaired) electrons. The van der Waals surface area contributed by atoms with Crippen LogP contribution in [-0.4, -0.2) is 42.1 Å². The fraction of sp³-hybridized carbons (Fsp3) is 0.750. The molecule has 0 aromatic carbocycles. The number of carbonyl (C=O) groups excluding carboxylic acids is 1. The van der Waals surface area contributed by atoms with Crippen LogP contribution in [0.5, 0.6) is 5.19 Å². The van der Waals surface area contributed by atoms with Crippen molar-refractivity contribution in [3.8, 4) is 5.19 Å². The Labute approximate surface area is 121 Å². The van der Waals surface area contributed by atoms with Crippen molar-refractivity contribution in [3.63, 3.8) is 0 Å². The molecular weight excluding hydrogens is 280 g/mol. The first kappa shape index (κ1) is 13.6.